The van der Waals surface area contributed by atoms with Gasteiger partial charge in [-0.05, 0) is 19.4 Å². The minimum atomic E-state index is -4.71. The molecule has 0 aliphatic carbocycles. The molecule has 3 rings (SSSR count). The molecule has 0 saturated carbocycles. The Morgan fingerprint density at radius 1 is 1.18 bits per heavy atom. The van der Waals surface area contributed by atoms with E-state index in [1.807, 2.05) is 0 Å². The number of hydrogen-bond acceptors (Lipinski definition) is 6. The van der Waals surface area contributed by atoms with Crippen molar-refractivity contribution in [3.05, 3.63) is 43.4 Å². The maximum absolute atomic E-state index is 13.2. The van der Waals surface area contributed by atoms with Crippen LogP contribution in [0.2, 0.25) is 0 Å². The summed E-state index contributed by atoms with van der Waals surface area (Å²) in [7, 11) is 0. The molecule has 0 unspecified atom stereocenters. The fraction of sp³-hybridized carbons (Fsp3) is 0.524. The van der Waals surface area contributed by atoms with Gasteiger partial charge in [0, 0.05) is 45.0 Å². The molecule has 2 aromatic heterocycles. The molecule has 1 amide bonds. The summed E-state index contributed by atoms with van der Waals surface area (Å²) >= 11 is 0.828. The fourth-order valence-electron chi connectivity index (χ4n) is 3.85. The van der Waals surface area contributed by atoms with Crippen molar-refractivity contribution in [1.29, 1.82) is 0 Å². The topological polar surface area (TPSA) is 90.6 Å². The Labute approximate surface area is 190 Å². The van der Waals surface area contributed by atoms with Crippen molar-refractivity contribution in [3.8, 4) is 0 Å². The lowest BCUT2D eigenvalue weighted by molar-refractivity contribution is -0.148. The van der Waals surface area contributed by atoms with Crippen LogP contribution >= 0.6 is 11.3 Å². The summed E-state index contributed by atoms with van der Waals surface area (Å²) in [5, 5.41) is 0.0505. The molecule has 12 heteroatoms. The zero-order valence-electron chi connectivity index (χ0n) is 18.5. The summed E-state index contributed by atoms with van der Waals surface area (Å²) in [6.07, 6.45) is -4.09. The summed E-state index contributed by atoms with van der Waals surface area (Å²) < 4.78 is 46.3. The number of thiophene rings is 1. The van der Waals surface area contributed by atoms with Gasteiger partial charge in [0.2, 0.25) is 0 Å². The van der Waals surface area contributed by atoms with Gasteiger partial charge in [0.1, 0.15) is 10.9 Å². The quantitative estimate of drug-likeness (QED) is 0.478. The van der Waals surface area contributed by atoms with E-state index in [9.17, 15) is 32.3 Å². The second-order valence-corrected chi connectivity index (χ2v) is 8.86. The minimum Gasteiger partial charge on any atom is -0.462 e. The first-order valence-electron chi connectivity index (χ1n) is 10.3. The van der Waals surface area contributed by atoms with E-state index in [1.54, 1.807) is 18.7 Å². The first kappa shape index (κ1) is 24.7. The first-order valence-corrected chi connectivity index (χ1v) is 11.2. The van der Waals surface area contributed by atoms with Gasteiger partial charge in [-0.15, -0.1) is 11.3 Å². The largest absolute Gasteiger partial charge is 0.462 e. The summed E-state index contributed by atoms with van der Waals surface area (Å²) in [4.78, 5) is 51.8. The van der Waals surface area contributed by atoms with Gasteiger partial charge < -0.3 is 9.64 Å². The standard InChI is InChI=1S/C21H24F3N3O5S/c1-5-26-17(29)15-12(3)16(18(30)25-8-6-14(7-9-25)32-13(4)28)33-19(15)27(20(26)31)10-11(2)21(22,23)24/h14H,2,5-10H2,1,3-4H3. The number of ether oxygens (including phenoxy) is 1. The SMILES string of the molecule is C=C(Cn1c(=O)n(CC)c(=O)c2c(C)c(C(=O)N3CCC(OC(C)=O)CC3)sc21)C(F)(F)F. The number of hydrogen-bond donors (Lipinski definition) is 0. The molecule has 3 heterocycles. The number of piperidine rings is 1. The third-order valence-electron chi connectivity index (χ3n) is 5.62. The van der Waals surface area contributed by atoms with Crippen LogP contribution in [-0.2, 0) is 22.6 Å². The molecule has 1 aliphatic rings. The van der Waals surface area contributed by atoms with E-state index in [4.69, 9.17) is 4.74 Å². The number of alkyl halides is 3. The normalized spacial score (nSPS) is 15.2. The molecule has 8 nitrogen and oxygen atoms in total. The number of aromatic nitrogens is 2. The Morgan fingerprint density at radius 3 is 2.30 bits per heavy atom. The summed E-state index contributed by atoms with van der Waals surface area (Å²) in [5.41, 5.74) is -2.35. The zero-order valence-corrected chi connectivity index (χ0v) is 19.3. The molecule has 1 saturated heterocycles. The number of halogens is 3. The van der Waals surface area contributed by atoms with Gasteiger partial charge in [-0.3, -0.25) is 23.5 Å². The van der Waals surface area contributed by atoms with E-state index in [0.717, 1.165) is 20.5 Å². The summed E-state index contributed by atoms with van der Waals surface area (Å²) in [5.74, 6) is -0.781. The number of esters is 1. The minimum absolute atomic E-state index is 0.00995. The van der Waals surface area contributed by atoms with E-state index in [0.29, 0.717) is 31.5 Å². The van der Waals surface area contributed by atoms with Crippen LogP contribution in [0.1, 0.15) is 41.9 Å². The number of rotatable bonds is 5. The average molecular weight is 488 g/mol. The van der Waals surface area contributed by atoms with Gasteiger partial charge in [-0.1, -0.05) is 6.58 Å². The number of allylic oxidation sites excluding steroid dienone is 1. The predicted molar refractivity (Wildman–Crippen MR) is 117 cm³/mol. The van der Waals surface area contributed by atoms with Crippen LogP contribution in [-0.4, -0.2) is 51.3 Å². The van der Waals surface area contributed by atoms with Crippen LogP contribution in [0.5, 0.6) is 0 Å². The molecule has 0 atom stereocenters. The van der Waals surface area contributed by atoms with Crippen molar-refractivity contribution in [1.82, 2.24) is 14.0 Å². The van der Waals surface area contributed by atoms with Gasteiger partial charge in [0.25, 0.3) is 11.5 Å². The lowest BCUT2D eigenvalue weighted by Gasteiger charge is -2.31. The number of amides is 1. The van der Waals surface area contributed by atoms with Crippen LogP contribution in [0, 0.1) is 6.92 Å². The Morgan fingerprint density at radius 2 is 1.79 bits per heavy atom. The number of carbonyl (C=O) groups is 2. The third-order valence-corrected chi connectivity index (χ3v) is 6.92. The maximum atomic E-state index is 13.2. The van der Waals surface area contributed by atoms with Gasteiger partial charge in [-0.2, -0.15) is 13.2 Å². The maximum Gasteiger partial charge on any atom is 0.413 e. The van der Waals surface area contributed by atoms with Crippen molar-refractivity contribution < 1.29 is 27.5 Å². The summed E-state index contributed by atoms with van der Waals surface area (Å²) in [6, 6.07) is 0. The average Bonchev–Trinajstić information content (AvgIpc) is 3.07. The fourth-order valence-corrected chi connectivity index (χ4v) is 5.11. The van der Waals surface area contributed by atoms with E-state index >= 15 is 0 Å². The van der Waals surface area contributed by atoms with Crippen LogP contribution in [0.15, 0.2) is 21.7 Å². The van der Waals surface area contributed by atoms with Crippen molar-refractivity contribution in [3.63, 3.8) is 0 Å². The highest BCUT2D eigenvalue weighted by Gasteiger charge is 2.34. The molecule has 1 aliphatic heterocycles. The highest BCUT2D eigenvalue weighted by atomic mass is 32.1. The van der Waals surface area contributed by atoms with Crippen LogP contribution in [0.4, 0.5) is 13.2 Å². The first-order chi connectivity index (χ1) is 15.4. The van der Waals surface area contributed by atoms with E-state index < -0.39 is 35.5 Å². The highest BCUT2D eigenvalue weighted by molar-refractivity contribution is 7.20. The molecular formula is C21H24F3N3O5S. The monoisotopic (exact) mass is 487 g/mol. The van der Waals surface area contributed by atoms with Crippen LogP contribution in [0.3, 0.4) is 0 Å². The van der Waals surface area contributed by atoms with E-state index in [2.05, 4.69) is 6.58 Å². The molecule has 0 radical (unpaired) electrons. The zero-order chi connectivity index (χ0) is 24.7. The molecule has 0 aromatic carbocycles. The van der Waals surface area contributed by atoms with E-state index in [1.165, 1.54) is 6.92 Å². The van der Waals surface area contributed by atoms with Crippen LogP contribution in [0.25, 0.3) is 10.2 Å². The summed E-state index contributed by atoms with van der Waals surface area (Å²) in [6.45, 7) is 7.20. The number of likely N-dealkylation sites (tertiary alicyclic amines) is 1. The van der Waals surface area contributed by atoms with Crippen molar-refractivity contribution >= 4 is 33.4 Å². The number of carbonyl (C=O) groups excluding carboxylic acids is 2. The highest BCUT2D eigenvalue weighted by Crippen LogP contribution is 2.32. The lowest BCUT2D eigenvalue weighted by atomic mass is 10.1. The van der Waals surface area contributed by atoms with Gasteiger partial charge in [-0.25, -0.2) is 4.79 Å². The molecule has 33 heavy (non-hydrogen) atoms. The van der Waals surface area contributed by atoms with Gasteiger partial charge in [0.15, 0.2) is 0 Å². The Bertz CT molecular complexity index is 1230. The second-order valence-electron chi connectivity index (χ2n) is 7.86. The smallest absolute Gasteiger partial charge is 0.413 e. The molecule has 0 N–H and O–H groups in total. The van der Waals surface area contributed by atoms with Crippen molar-refractivity contribution in [2.45, 2.75) is 59.0 Å². The molecule has 0 bridgehead atoms. The lowest BCUT2D eigenvalue weighted by Crippen LogP contribution is -2.41. The van der Waals surface area contributed by atoms with Gasteiger partial charge in [0.05, 0.1) is 16.8 Å². The Balaban J connectivity index is 2.05. The third kappa shape index (κ3) is 4.75. The molecule has 180 valence electrons. The van der Waals surface area contributed by atoms with Crippen LogP contribution < -0.4 is 11.2 Å². The van der Waals surface area contributed by atoms with E-state index in [-0.39, 0.29) is 33.6 Å². The number of nitrogens with zero attached hydrogens (tertiary/aromatic N) is 3. The van der Waals surface area contributed by atoms with Crippen molar-refractivity contribution in [2.75, 3.05) is 13.1 Å². The molecular weight excluding hydrogens is 463 g/mol. The molecule has 1 fully saturated rings. The number of fused-ring (bicyclic) bond motifs is 1. The Hall–Kier alpha value is -2.89. The predicted octanol–water partition coefficient (Wildman–Crippen LogP) is 2.84. The van der Waals surface area contributed by atoms with Gasteiger partial charge >= 0.3 is 17.8 Å². The number of aryl methyl sites for hydroxylation is 1. The molecule has 0 spiro atoms. The van der Waals surface area contributed by atoms with Crippen molar-refractivity contribution in [2.24, 2.45) is 0 Å². The molecule has 2 aromatic rings. The Kier molecular flexibility index (Phi) is 6.87. The second kappa shape index (κ2) is 9.16.